The van der Waals surface area contributed by atoms with E-state index in [4.69, 9.17) is 10.5 Å². The second-order valence-corrected chi connectivity index (χ2v) is 8.82. The predicted octanol–water partition coefficient (Wildman–Crippen LogP) is 6.73. The molecule has 0 spiro atoms. The van der Waals surface area contributed by atoms with Gasteiger partial charge in [-0.3, -0.25) is 10.5 Å². The van der Waals surface area contributed by atoms with Gasteiger partial charge in [0, 0.05) is 28.0 Å². The van der Waals surface area contributed by atoms with E-state index in [0.717, 1.165) is 35.6 Å². The molecule has 0 amide bonds. The molecule has 1 aliphatic rings. The molecule has 4 rings (SSSR count). The SMILES string of the molecule is CCc1ccc2c(c1)c1c(n2CCCSc2cc(C)cc(F)c2)CCCC1.OO. The molecule has 0 aliphatic heterocycles. The van der Waals surface area contributed by atoms with Gasteiger partial charge in [0.15, 0.2) is 0 Å². The van der Waals surface area contributed by atoms with Crippen LogP contribution in [0.15, 0.2) is 41.3 Å². The van der Waals surface area contributed by atoms with Gasteiger partial charge in [-0.2, -0.15) is 0 Å². The zero-order valence-electron chi connectivity index (χ0n) is 17.2. The molecule has 29 heavy (non-hydrogen) atoms. The van der Waals surface area contributed by atoms with Crippen molar-refractivity contribution in [3.63, 3.8) is 0 Å². The van der Waals surface area contributed by atoms with Crippen LogP contribution in [0.1, 0.15) is 48.6 Å². The van der Waals surface area contributed by atoms with Gasteiger partial charge in [-0.25, -0.2) is 4.39 Å². The van der Waals surface area contributed by atoms with Crippen LogP contribution in [-0.2, 0) is 25.8 Å². The van der Waals surface area contributed by atoms with Crippen molar-refractivity contribution in [3.05, 3.63) is 64.6 Å². The summed E-state index contributed by atoms with van der Waals surface area (Å²) in [6.07, 6.45) is 7.26. The lowest BCUT2D eigenvalue weighted by atomic mass is 9.95. The lowest BCUT2D eigenvalue weighted by molar-refractivity contribution is -0.176. The lowest BCUT2D eigenvalue weighted by Gasteiger charge is -2.16. The molecule has 0 saturated carbocycles. The number of benzene rings is 2. The summed E-state index contributed by atoms with van der Waals surface area (Å²) in [6, 6.07) is 12.3. The number of halogens is 1. The van der Waals surface area contributed by atoms with Crippen LogP contribution in [0.3, 0.4) is 0 Å². The Bertz CT molecular complexity index is 947. The van der Waals surface area contributed by atoms with Gasteiger partial charge in [-0.05, 0) is 98.2 Å². The lowest BCUT2D eigenvalue weighted by Crippen LogP contribution is -2.09. The molecule has 5 heteroatoms. The van der Waals surface area contributed by atoms with E-state index in [0.29, 0.717) is 0 Å². The van der Waals surface area contributed by atoms with Crippen molar-refractivity contribution in [2.24, 2.45) is 0 Å². The number of rotatable bonds is 6. The minimum absolute atomic E-state index is 0.130. The molecule has 1 aromatic heterocycles. The fourth-order valence-electron chi connectivity index (χ4n) is 4.36. The number of hydrogen-bond acceptors (Lipinski definition) is 3. The summed E-state index contributed by atoms with van der Waals surface area (Å²) in [5.41, 5.74) is 7.00. The Morgan fingerprint density at radius 2 is 1.86 bits per heavy atom. The highest BCUT2D eigenvalue weighted by molar-refractivity contribution is 7.99. The van der Waals surface area contributed by atoms with E-state index in [1.165, 1.54) is 42.1 Å². The van der Waals surface area contributed by atoms with Gasteiger partial charge in [0.05, 0.1) is 0 Å². The Hall–Kier alpha value is -1.82. The van der Waals surface area contributed by atoms with E-state index in [-0.39, 0.29) is 5.82 Å². The molecule has 1 heterocycles. The zero-order valence-corrected chi connectivity index (χ0v) is 18.1. The third kappa shape index (κ3) is 5.03. The minimum Gasteiger partial charge on any atom is -0.344 e. The van der Waals surface area contributed by atoms with E-state index in [2.05, 4.69) is 35.8 Å². The van der Waals surface area contributed by atoms with Crippen LogP contribution < -0.4 is 0 Å². The molecule has 0 radical (unpaired) electrons. The molecule has 0 fully saturated rings. The first-order valence-electron chi connectivity index (χ1n) is 10.4. The number of aromatic nitrogens is 1. The zero-order chi connectivity index (χ0) is 20.8. The van der Waals surface area contributed by atoms with Crippen molar-refractivity contribution in [3.8, 4) is 0 Å². The van der Waals surface area contributed by atoms with Crippen LogP contribution >= 0.6 is 11.8 Å². The molecule has 0 saturated heterocycles. The monoisotopic (exact) mass is 415 g/mol. The molecular weight excluding hydrogens is 385 g/mol. The second-order valence-electron chi connectivity index (χ2n) is 7.66. The highest BCUT2D eigenvalue weighted by Gasteiger charge is 2.19. The Labute approximate surface area is 176 Å². The molecule has 2 aromatic carbocycles. The predicted molar refractivity (Wildman–Crippen MR) is 120 cm³/mol. The number of fused-ring (bicyclic) bond motifs is 3. The molecule has 3 aromatic rings. The summed E-state index contributed by atoms with van der Waals surface area (Å²) in [5.74, 6) is 0.888. The molecule has 1 aliphatic carbocycles. The summed E-state index contributed by atoms with van der Waals surface area (Å²) < 4.78 is 16.1. The third-order valence-electron chi connectivity index (χ3n) is 5.66. The van der Waals surface area contributed by atoms with Crippen LogP contribution in [0, 0.1) is 12.7 Å². The van der Waals surface area contributed by atoms with E-state index >= 15 is 0 Å². The number of hydrogen-bond donors (Lipinski definition) is 2. The quantitative estimate of drug-likeness (QED) is 0.203. The van der Waals surface area contributed by atoms with Gasteiger partial charge in [0.25, 0.3) is 0 Å². The largest absolute Gasteiger partial charge is 0.344 e. The number of aryl methyl sites for hydroxylation is 4. The van der Waals surface area contributed by atoms with Crippen molar-refractivity contribution in [2.45, 2.75) is 63.8 Å². The van der Waals surface area contributed by atoms with Crippen LogP contribution in [0.4, 0.5) is 4.39 Å². The summed E-state index contributed by atoms with van der Waals surface area (Å²) >= 11 is 1.77. The maximum absolute atomic E-state index is 13.6. The van der Waals surface area contributed by atoms with Gasteiger partial charge in [0.1, 0.15) is 5.82 Å². The summed E-state index contributed by atoms with van der Waals surface area (Å²) in [7, 11) is 0. The van der Waals surface area contributed by atoms with Gasteiger partial charge in [-0.15, -0.1) is 11.8 Å². The van der Waals surface area contributed by atoms with E-state index in [1.54, 1.807) is 35.2 Å². The van der Waals surface area contributed by atoms with Gasteiger partial charge in [-0.1, -0.05) is 13.0 Å². The van der Waals surface area contributed by atoms with Gasteiger partial charge >= 0.3 is 0 Å². The summed E-state index contributed by atoms with van der Waals surface area (Å²) in [4.78, 5) is 1.04. The first kappa shape index (κ1) is 21.9. The molecule has 156 valence electrons. The fraction of sp³-hybridized carbons (Fsp3) is 0.417. The molecule has 3 nitrogen and oxygen atoms in total. The average Bonchev–Trinajstić information content (AvgIpc) is 3.05. The molecule has 0 atom stereocenters. The Balaban J connectivity index is 0.00000117. The normalized spacial score (nSPS) is 13.1. The smallest absolute Gasteiger partial charge is 0.124 e. The van der Waals surface area contributed by atoms with Crippen molar-refractivity contribution >= 4 is 22.7 Å². The number of nitrogens with zero attached hydrogens (tertiary/aromatic N) is 1. The highest BCUT2D eigenvalue weighted by atomic mass is 32.2. The molecule has 2 N–H and O–H groups in total. The van der Waals surface area contributed by atoms with Gasteiger partial charge < -0.3 is 4.57 Å². The maximum atomic E-state index is 13.6. The first-order valence-corrected chi connectivity index (χ1v) is 11.4. The Morgan fingerprint density at radius 3 is 2.62 bits per heavy atom. The van der Waals surface area contributed by atoms with Crippen molar-refractivity contribution in [2.75, 3.05) is 5.75 Å². The van der Waals surface area contributed by atoms with E-state index in [9.17, 15) is 4.39 Å². The van der Waals surface area contributed by atoms with Crippen LogP contribution in [-0.4, -0.2) is 20.8 Å². The molecular formula is C24H30FNO2S. The van der Waals surface area contributed by atoms with Crippen LogP contribution in [0.25, 0.3) is 10.9 Å². The fourth-order valence-corrected chi connectivity index (χ4v) is 5.33. The second kappa shape index (κ2) is 10.3. The third-order valence-corrected chi connectivity index (χ3v) is 6.72. The topological polar surface area (TPSA) is 45.4 Å². The van der Waals surface area contributed by atoms with Crippen molar-refractivity contribution in [1.82, 2.24) is 4.57 Å². The Kier molecular flexibility index (Phi) is 7.76. The van der Waals surface area contributed by atoms with Crippen molar-refractivity contribution in [1.29, 1.82) is 0 Å². The Morgan fingerprint density at radius 1 is 1.07 bits per heavy atom. The minimum atomic E-state index is -0.130. The van der Waals surface area contributed by atoms with E-state index in [1.807, 2.05) is 6.92 Å². The highest BCUT2D eigenvalue weighted by Crippen LogP contribution is 2.33. The molecule has 0 unspecified atom stereocenters. The number of thioether (sulfide) groups is 1. The summed E-state index contributed by atoms with van der Waals surface area (Å²) in [5, 5.41) is 13.5. The first-order chi connectivity index (χ1) is 14.2. The van der Waals surface area contributed by atoms with Crippen LogP contribution in [0.5, 0.6) is 0 Å². The molecule has 0 bridgehead atoms. The summed E-state index contributed by atoms with van der Waals surface area (Å²) in [6.45, 7) is 5.24. The standard InChI is InChI=1S/C24H28FNS.H2O2/c1-3-18-9-10-24-22(15-18)21-7-4-5-8-23(21)26(24)11-6-12-27-20-14-17(2)13-19(25)16-20;1-2/h9-10,13-16H,3-8,11-12H2,1-2H3;1-2H. The van der Waals surface area contributed by atoms with Crippen LogP contribution in [0.2, 0.25) is 0 Å². The average molecular weight is 416 g/mol. The van der Waals surface area contributed by atoms with Gasteiger partial charge in [0.2, 0.25) is 0 Å². The van der Waals surface area contributed by atoms with E-state index < -0.39 is 0 Å². The van der Waals surface area contributed by atoms with Crippen molar-refractivity contribution < 1.29 is 14.9 Å². The maximum Gasteiger partial charge on any atom is 0.124 e.